The lowest BCUT2D eigenvalue weighted by Gasteiger charge is -1.96. The van der Waals surface area contributed by atoms with Crippen LogP contribution in [0.5, 0.6) is 5.75 Å². The molecule has 62 valence electrons. The van der Waals surface area contributed by atoms with Gasteiger partial charge in [0.05, 0.1) is 12.5 Å². The smallest absolute Gasteiger partial charge is 0.141 e. The van der Waals surface area contributed by atoms with E-state index in [1.165, 1.54) is 4.88 Å². The van der Waals surface area contributed by atoms with Crippen LogP contribution in [0.15, 0.2) is 18.3 Å². The monoisotopic (exact) mass is 179 g/mol. The molecule has 2 aromatic heterocycles. The van der Waals surface area contributed by atoms with Gasteiger partial charge in [0.2, 0.25) is 0 Å². The van der Waals surface area contributed by atoms with Crippen LogP contribution in [-0.2, 0) is 0 Å². The van der Waals surface area contributed by atoms with Gasteiger partial charge in [0, 0.05) is 11.1 Å². The third-order valence-corrected chi connectivity index (χ3v) is 2.80. The normalized spacial score (nSPS) is 10.5. The number of methoxy groups -OCH3 is 1. The minimum absolute atomic E-state index is 0.961. The first kappa shape index (κ1) is 7.55. The SMILES string of the molecule is COc1c(C)sc2ncccc12. The van der Waals surface area contributed by atoms with Crippen LogP contribution in [0.1, 0.15) is 4.88 Å². The molecule has 0 aliphatic heterocycles. The van der Waals surface area contributed by atoms with E-state index in [-0.39, 0.29) is 0 Å². The summed E-state index contributed by atoms with van der Waals surface area (Å²) < 4.78 is 5.27. The Hall–Kier alpha value is -1.09. The van der Waals surface area contributed by atoms with E-state index in [1.807, 2.05) is 19.1 Å². The van der Waals surface area contributed by atoms with Crippen LogP contribution in [0.25, 0.3) is 10.2 Å². The van der Waals surface area contributed by atoms with E-state index in [0.717, 1.165) is 16.0 Å². The highest BCUT2D eigenvalue weighted by Gasteiger charge is 2.08. The van der Waals surface area contributed by atoms with E-state index in [2.05, 4.69) is 4.98 Å². The molecule has 0 aliphatic rings. The van der Waals surface area contributed by atoms with Crippen molar-refractivity contribution in [3.63, 3.8) is 0 Å². The average molecular weight is 179 g/mol. The largest absolute Gasteiger partial charge is 0.495 e. The molecule has 0 aliphatic carbocycles. The van der Waals surface area contributed by atoms with Crippen LogP contribution in [0.2, 0.25) is 0 Å². The van der Waals surface area contributed by atoms with E-state index in [4.69, 9.17) is 4.74 Å². The third-order valence-electron chi connectivity index (χ3n) is 1.79. The quantitative estimate of drug-likeness (QED) is 0.671. The molecule has 0 atom stereocenters. The molecule has 0 fully saturated rings. The molecule has 0 radical (unpaired) electrons. The van der Waals surface area contributed by atoms with Gasteiger partial charge < -0.3 is 4.74 Å². The first-order valence-electron chi connectivity index (χ1n) is 3.71. The Bertz CT molecular complexity index is 408. The van der Waals surface area contributed by atoms with Gasteiger partial charge in [-0.15, -0.1) is 11.3 Å². The molecule has 0 saturated heterocycles. The van der Waals surface area contributed by atoms with Crippen molar-refractivity contribution in [2.75, 3.05) is 7.11 Å². The van der Waals surface area contributed by atoms with Crippen LogP contribution < -0.4 is 4.74 Å². The predicted octanol–water partition coefficient (Wildman–Crippen LogP) is 2.61. The maximum absolute atomic E-state index is 5.27. The van der Waals surface area contributed by atoms with Gasteiger partial charge >= 0.3 is 0 Å². The third kappa shape index (κ3) is 0.975. The molecule has 0 unspecified atom stereocenters. The van der Waals surface area contributed by atoms with E-state index >= 15 is 0 Å². The Kier molecular flexibility index (Phi) is 1.73. The summed E-state index contributed by atoms with van der Waals surface area (Å²) in [5.74, 6) is 0.961. The van der Waals surface area contributed by atoms with Gasteiger partial charge in [-0.05, 0) is 19.1 Å². The van der Waals surface area contributed by atoms with Crippen molar-refractivity contribution in [2.45, 2.75) is 6.92 Å². The molecule has 0 aromatic carbocycles. The maximum Gasteiger partial charge on any atom is 0.141 e. The molecule has 0 bridgehead atoms. The van der Waals surface area contributed by atoms with Gasteiger partial charge in [-0.1, -0.05) is 0 Å². The van der Waals surface area contributed by atoms with Crippen LogP contribution in [0, 0.1) is 6.92 Å². The Morgan fingerprint density at radius 3 is 3.08 bits per heavy atom. The van der Waals surface area contributed by atoms with Gasteiger partial charge in [-0.25, -0.2) is 4.98 Å². The van der Waals surface area contributed by atoms with Crippen molar-refractivity contribution in [1.82, 2.24) is 4.98 Å². The zero-order chi connectivity index (χ0) is 8.55. The van der Waals surface area contributed by atoms with E-state index in [0.29, 0.717) is 0 Å². The Labute approximate surface area is 74.8 Å². The molecule has 3 heteroatoms. The number of hydrogen-bond donors (Lipinski definition) is 0. The average Bonchev–Trinajstić information content (AvgIpc) is 2.40. The molecule has 12 heavy (non-hydrogen) atoms. The summed E-state index contributed by atoms with van der Waals surface area (Å²) in [5, 5.41) is 1.11. The molecule has 2 aromatic rings. The summed E-state index contributed by atoms with van der Waals surface area (Å²) in [7, 11) is 1.70. The highest BCUT2D eigenvalue weighted by Crippen LogP contribution is 2.34. The van der Waals surface area contributed by atoms with Crippen molar-refractivity contribution in [3.8, 4) is 5.75 Å². The summed E-state index contributed by atoms with van der Waals surface area (Å²) >= 11 is 1.67. The standard InChI is InChI=1S/C9H9NOS/c1-6-8(11-2)7-4-3-5-10-9(7)12-6/h3-5H,1-2H3. The fourth-order valence-electron chi connectivity index (χ4n) is 1.28. The van der Waals surface area contributed by atoms with Crippen molar-refractivity contribution in [1.29, 1.82) is 0 Å². The molecule has 0 amide bonds. The van der Waals surface area contributed by atoms with Crippen LogP contribution in [-0.4, -0.2) is 12.1 Å². The summed E-state index contributed by atoms with van der Waals surface area (Å²) in [5.41, 5.74) is 0. The fraction of sp³-hybridized carbons (Fsp3) is 0.222. The zero-order valence-electron chi connectivity index (χ0n) is 7.00. The van der Waals surface area contributed by atoms with Crippen LogP contribution in [0.4, 0.5) is 0 Å². The van der Waals surface area contributed by atoms with Crippen molar-refractivity contribution in [3.05, 3.63) is 23.2 Å². The Morgan fingerprint density at radius 2 is 2.33 bits per heavy atom. The first-order valence-corrected chi connectivity index (χ1v) is 4.52. The lowest BCUT2D eigenvalue weighted by atomic mass is 10.3. The Balaban J connectivity index is 2.81. The number of nitrogens with zero attached hydrogens (tertiary/aromatic N) is 1. The Morgan fingerprint density at radius 1 is 1.50 bits per heavy atom. The second-order valence-corrected chi connectivity index (χ2v) is 3.75. The number of fused-ring (bicyclic) bond motifs is 1. The van der Waals surface area contributed by atoms with Gasteiger partial charge in [-0.2, -0.15) is 0 Å². The zero-order valence-corrected chi connectivity index (χ0v) is 7.81. The molecule has 0 N–H and O–H groups in total. The summed E-state index contributed by atoms with van der Waals surface area (Å²) in [6.45, 7) is 2.05. The summed E-state index contributed by atoms with van der Waals surface area (Å²) in [4.78, 5) is 6.48. The number of hydrogen-bond acceptors (Lipinski definition) is 3. The summed E-state index contributed by atoms with van der Waals surface area (Å²) in [6.07, 6.45) is 1.80. The second-order valence-electron chi connectivity index (χ2n) is 2.55. The molecule has 0 saturated carbocycles. The van der Waals surface area contributed by atoms with Crippen LogP contribution in [0.3, 0.4) is 0 Å². The van der Waals surface area contributed by atoms with Crippen molar-refractivity contribution < 1.29 is 4.74 Å². The number of aryl methyl sites for hydroxylation is 1. The predicted molar refractivity (Wildman–Crippen MR) is 50.9 cm³/mol. The number of rotatable bonds is 1. The minimum Gasteiger partial charge on any atom is -0.495 e. The van der Waals surface area contributed by atoms with Crippen molar-refractivity contribution in [2.24, 2.45) is 0 Å². The first-order chi connectivity index (χ1) is 5.83. The van der Waals surface area contributed by atoms with Gasteiger partial charge in [0.15, 0.2) is 0 Å². The fourth-order valence-corrected chi connectivity index (χ4v) is 2.24. The molecule has 2 nitrogen and oxygen atoms in total. The van der Waals surface area contributed by atoms with E-state index < -0.39 is 0 Å². The molecule has 0 spiro atoms. The lowest BCUT2D eigenvalue weighted by Crippen LogP contribution is -1.81. The van der Waals surface area contributed by atoms with E-state index in [1.54, 1.807) is 24.6 Å². The second kappa shape index (κ2) is 2.75. The number of ether oxygens (including phenoxy) is 1. The minimum atomic E-state index is 0.961. The highest BCUT2D eigenvalue weighted by molar-refractivity contribution is 7.19. The van der Waals surface area contributed by atoms with Gasteiger partial charge in [0.25, 0.3) is 0 Å². The number of thiophene rings is 1. The topological polar surface area (TPSA) is 22.1 Å². The van der Waals surface area contributed by atoms with Gasteiger partial charge in [-0.3, -0.25) is 0 Å². The number of pyridine rings is 1. The number of aromatic nitrogens is 1. The molecular formula is C9H9NOS. The summed E-state index contributed by atoms with van der Waals surface area (Å²) in [6, 6.07) is 3.96. The van der Waals surface area contributed by atoms with Crippen LogP contribution >= 0.6 is 11.3 Å². The lowest BCUT2D eigenvalue weighted by molar-refractivity contribution is 0.418. The van der Waals surface area contributed by atoms with Crippen molar-refractivity contribution >= 4 is 21.6 Å². The highest BCUT2D eigenvalue weighted by atomic mass is 32.1. The van der Waals surface area contributed by atoms with Gasteiger partial charge in [0.1, 0.15) is 10.6 Å². The molecule has 2 heterocycles. The maximum atomic E-state index is 5.27. The molecule has 2 rings (SSSR count). The van der Waals surface area contributed by atoms with E-state index in [9.17, 15) is 0 Å². The molecular weight excluding hydrogens is 170 g/mol.